The summed E-state index contributed by atoms with van der Waals surface area (Å²) in [4.78, 5) is 12.8. The van der Waals surface area contributed by atoms with E-state index in [1.54, 1.807) is 0 Å². The van der Waals surface area contributed by atoms with Crippen LogP contribution in [-0.4, -0.2) is 31.6 Å². The number of hydrogen-bond acceptors (Lipinski definition) is 3. The number of rotatable bonds is 6. The van der Waals surface area contributed by atoms with E-state index in [0.717, 1.165) is 30.8 Å². The van der Waals surface area contributed by atoms with Crippen molar-refractivity contribution in [3.05, 3.63) is 29.8 Å². The smallest absolute Gasteiger partial charge is 0.230 e. The normalized spacial score (nSPS) is 20.7. The fourth-order valence-electron chi connectivity index (χ4n) is 2.94. The van der Waals surface area contributed by atoms with Gasteiger partial charge < -0.3 is 15.4 Å². The fraction of sp³-hybridized carbons (Fsp3) is 0.650. The van der Waals surface area contributed by atoms with Gasteiger partial charge in [-0.2, -0.15) is 0 Å². The molecular formula is C20H33ClN2O2. The van der Waals surface area contributed by atoms with Crippen molar-refractivity contribution in [3.8, 4) is 5.75 Å². The molecule has 4 nitrogen and oxygen atoms in total. The van der Waals surface area contributed by atoms with Crippen LogP contribution >= 0.6 is 12.4 Å². The maximum absolute atomic E-state index is 12.8. The van der Waals surface area contributed by atoms with Crippen molar-refractivity contribution in [2.45, 2.75) is 52.5 Å². The molecule has 1 amide bonds. The molecule has 1 aromatic carbocycles. The van der Waals surface area contributed by atoms with Crippen LogP contribution in [0.3, 0.4) is 0 Å². The lowest BCUT2D eigenvalue weighted by molar-refractivity contribution is -0.126. The van der Waals surface area contributed by atoms with Gasteiger partial charge in [-0.3, -0.25) is 4.79 Å². The molecule has 2 atom stereocenters. The van der Waals surface area contributed by atoms with Crippen molar-refractivity contribution in [1.29, 1.82) is 0 Å². The second kappa shape index (κ2) is 9.44. The Morgan fingerprint density at radius 2 is 1.96 bits per heavy atom. The predicted molar refractivity (Wildman–Crippen MR) is 106 cm³/mol. The van der Waals surface area contributed by atoms with Gasteiger partial charge >= 0.3 is 0 Å². The Morgan fingerprint density at radius 3 is 2.52 bits per heavy atom. The third-order valence-electron chi connectivity index (χ3n) is 4.83. The first-order valence-electron chi connectivity index (χ1n) is 9.05. The van der Waals surface area contributed by atoms with E-state index in [1.807, 2.05) is 38.1 Å². The number of ether oxygens (including phenoxy) is 1. The Morgan fingerprint density at radius 1 is 1.32 bits per heavy atom. The molecular weight excluding hydrogens is 336 g/mol. The van der Waals surface area contributed by atoms with Crippen LogP contribution < -0.4 is 15.4 Å². The number of halogens is 1. The Labute approximate surface area is 158 Å². The molecule has 25 heavy (non-hydrogen) atoms. The van der Waals surface area contributed by atoms with Crippen molar-refractivity contribution in [1.82, 2.24) is 10.6 Å². The van der Waals surface area contributed by atoms with E-state index in [9.17, 15) is 4.79 Å². The van der Waals surface area contributed by atoms with Gasteiger partial charge in [0, 0.05) is 6.04 Å². The topological polar surface area (TPSA) is 50.4 Å². The van der Waals surface area contributed by atoms with Crippen LogP contribution in [-0.2, 0) is 10.2 Å². The third-order valence-corrected chi connectivity index (χ3v) is 4.83. The SMILES string of the molecule is CC(C)COc1ccc(C(C)(C)C(=O)NC2CCNCC2C)cc1.Cl. The van der Waals surface area contributed by atoms with Gasteiger partial charge in [0.05, 0.1) is 12.0 Å². The first kappa shape index (κ1) is 21.8. The molecule has 0 aromatic heterocycles. The van der Waals surface area contributed by atoms with E-state index in [-0.39, 0.29) is 24.4 Å². The van der Waals surface area contributed by atoms with Gasteiger partial charge in [-0.05, 0) is 62.9 Å². The van der Waals surface area contributed by atoms with Crippen molar-refractivity contribution in [2.75, 3.05) is 19.7 Å². The van der Waals surface area contributed by atoms with Gasteiger partial charge in [-0.15, -0.1) is 12.4 Å². The molecule has 5 heteroatoms. The maximum Gasteiger partial charge on any atom is 0.230 e. The zero-order valence-electron chi connectivity index (χ0n) is 16.1. The highest BCUT2D eigenvalue weighted by molar-refractivity contribution is 5.87. The molecule has 1 heterocycles. The molecule has 2 unspecified atom stereocenters. The highest BCUT2D eigenvalue weighted by Gasteiger charge is 2.33. The van der Waals surface area contributed by atoms with Crippen molar-refractivity contribution in [2.24, 2.45) is 11.8 Å². The molecule has 2 N–H and O–H groups in total. The van der Waals surface area contributed by atoms with E-state index in [0.29, 0.717) is 18.4 Å². The summed E-state index contributed by atoms with van der Waals surface area (Å²) in [6, 6.07) is 8.17. The summed E-state index contributed by atoms with van der Waals surface area (Å²) in [5.74, 6) is 1.91. The van der Waals surface area contributed by atoms with Crippen LogP contribution in [0.2, 0.25) is 0 Å². The summed E-state index contributed by atoms with van der Waals surface area (Å²) >= 11 is 0. The molecule has 142 valence electrons. The quantitative estimate of drug-likeness (QED) is 0.807. The van der Waals surface area contributed by atoms with E-state index in [1.165, 1.54) is 0 Å². The predicted octanol–water partition coefficient (Wildman–Crippen LogP) is 3.54. The summed E-state index contributed by atoms with van der Waals surface area (Å²) in [6.45, 7) is 13.1. The lowest BCUT2D eigenvalue weighted by atomic mass is 9.82. The Kier molecular flexibility index (Phi) is 8.23. The average molecular weight is 369 g/mol. The lowest BCUT2D eigenvalue weighted by Crippen LogP contribution is -2.52. The molecule has 0 bridgehead atoms. The van der Waals surface area contributed by atoms with E-state index in [4.69, 9.17) is 4.74 Å². The molecule has 0 saturated carbocycles. The third kappa shape index (κ3) is 5.89. The minimum Gasteiger partial charge on any atom is -0.493 e. The van der Waals surface area contributed by atoms with E-state index >= 15 is 0 Å². The minimum absolute atomic E-state index is 0. The molecule has 2 rings (SSSR count). The number of carbonyl (C=O) groups is 1. The molecule has 1 saturated heterocycles. The molecule has 1 aromatic rings. The standard InChI is InChI=1S/C20H32N2O2.ClH/c1-14(2)13-24-17-8-6-16(7-9-17)20(4,5)19(23)22-18-10-11-21-12-15(18)3;/h6-9,14-15,18,21H,10-13H2,1-5H3,(H,22,23);1H. The number of carbonyl (C=O) groups excluding carboxylic acids is 1. The molecule has 1 aliphatic heterocycles. The van der Waals surface area contributed by atoms with Crippen LogP contribution in [0.5, 0.6) is 5.75 Å². The van der Waals surface area contributed by atoms with Crippen molar-refractivity contribution < 1.29 is 9.53 Å². The fourth-order valence-corrected chi connectivity index (χ4v) is 2.94. The monoisotopic (exact) mass is 368 g/mol. The average Bonchev–Trinajstić information content (AvgIpc) is 2.55. The Balaban J connectivity index is 0.00000312. The van der Waals surface area contributed by atoms with E-state index in [2.05, 4.69) is 31.4 Å². The summed E-state index contributed by atoms with van der Waals surface area (Å²) in [6.07, 6.45) is 0.991. The van der Waals surface area contributed by atoms with Gasteiger partial charge in [0.25, 0.3) is 0 Å². The van der Waals surface area contributed by atoms with Crippen molar-refractivity contribution in [3.63, 3.8) is 0 Å². The molecule has 1 fully saturated rings. The van der Waals surface area contributed by atoms with Gasteiger partial charge in [0.15, 0.2) is 0 Å². The van der Waals surface area contributed by atoms with Gasteiger partial charge in [-0.1, -0.05) is 32.9 Å². The molecule has 0 radical (unpaired) electrons. The Bertz CT molecular complexity index is 543. The van der Waals surface area contributed by atoms with Crippen molar-refractivity contribution >= 4 is 18.3 Å². The number of hydrogen-bond donors (Lipinski definition) is 2. The lowest BCUT2D eigenvalue weighted by Gasteiger charge is -2.33. The Hall–Kier alpha value is -1.26. The van der Waals surface area contributed by atoms with Crippen LogP contribution in [0.25, 0.3) is 0 Å². The largest absolute Gasteiger partial charge is 0.493 e. The number of benzene rings is 1. The summed E-state index contributed by atoms with van der Waals surface area (Å²) in [5.41, 5.74) is 0.458. The summed E-state index contributed by atoms with van der Waals surface area (Å²) < 4.78 is 5.72. The van der Waals surface area contributed by atoms with Gasteiger partial charge in [0.2, 0.25) is 5.91 Å². The van der Waals surface area contributed by atoms with Crippen LogP contribution in [0, 0.1) is 11.8 Å². The zero-order valence-corrected chi connectivity index (χ0v) is 16.9. The number of nitrogens with one attached hydrogen (secondary N) is 2. The number of piperidine rings is 1. The highest BCUT2D eigenvalue weighted by atomic mass is 35.5. The van der Waals surface area contributed by atoms with Gasteiger partial charge in [-0.25, -0.2) is 0 Å². The summed E-state index contributed by atoms with van der Waals surface area (Å²) in [7, 11) is 0. The molecule has 0 spiro atoms. The van der Waals surface area contributed by atoms with Gasteiger partial charge in [0.1, 0.15) is 5.75 Å². The minimum atomic E-state index is -0.554. The first-order valence-corrected chi connectivity index (χ1v) is 9.05. The summed E-state index contributed by atoms with van der Waals surface area (Å²) in [5, 5.41) is 6.62. The van der Waals surface area contributed by atoms with E-state index < -0.39 is 5.41 Å². The van der Waals surface area contributed by atoms with Crippen LogP contribution in [0.15, 0.2) is 24.3 Å². The first-order chi connectivity index (χ1) is 11.3. The van der Waals surface area contributed by atoms with Crippen LogP contribution in [0.4, 0.5) is 0 Å². The number of amides is 1. The van der Waals surface area contributed by atoms with Crippen LogP contribution in [0.1, 0.15) is 46.6 Å². The zero-order chi connectivity index (χ0) is 17.7. The molecule has 0 aliphatic carbocycles. The highest BCUT2D eigenvalue weighted by Crippen LogP contribution is 2.26. The second-order valence-corrected chi connectivity index (χ2v) is 7.90. The maximum atomic E-state index is 12.8. The second-order valence-electron chi connectivity index (χ2n) is 7.90. The molecule has 1 aliphatic rings.